The smallest absolute Gasteiger partial charge is 0.242 e. The Labute approximate surface area is 113 Å². The van der Waals surface area contributed by atoms with Crippen LogP contribution in [0, 0.1) is 0 Å². The molecule has 0 saturated heterocycles. The van der Waals surface area contributed by atoms with Gasteiger partial charge < -0.3 is 20.7 Å². The van der Waals surface area contributed by atoms with Crippen LogP contribution >= 0.6 is 0 Å². The molecule has 106 valence electrons. The molecule has 0 aliphatic heterocycles. The molecule has 1 rings (SSSR count). The second-order valence-electron chi connectivity index (χ2n) is 4.43. The minimum absolute atomic E-state index is 0.0128. The van der Waals surface area contributed by atoms with Crippen LogP contribution in [0.25, 0.3) is 0 Å². The number of nitrogens with one attached hydrogen (secondary N) is 1. The maximum atomic E-state index is 11.2. The number of carbonyl (C=O) groups is 1. The zero-order valence-corrected chi connectivity index (χ0v) is 11.8. The highest BCUT2D eigenvalue weighted by atomic mass is 16.5. The lowest BCUT2D eigenvalue weighted by atomic mass is 10.3. The predicted molar refractivity (Wildman–Crippen MR) is 74.2 cm³/mol. The van der Waals surface area contributed by atoms with Gasteiger partial charge in [-0.3, -0.25) is 4.79 Å². The minimum atomic E-state index is -0.0295. The zero-order chi connectivity index (χ0) is 14.4. The fourth-order valence-electron chi connectivity index (χ4n) is 1.49. The first-order chi connectivity index (χ1) is 8.95. The number of carbonyl (C=O) groups excluding carboxylic acids is 1. The summed E-state index contributed by atoms with van der Waals surface area (Å²) in [4.78, 5) is 21.2. The van der Waals surface area contributed by atoms with Gasteiger partial charge in [0.25, 0.3) is 0 Å². The van der Waals surface area contributed by atoms with Gasteiger partial charge in [0.15, 0.2) is 5.82 Å². The van der Waals surface area contributed by atoms with E-state index in [1.54, 1.807) is 11.9 Å². The van der Waals surface area contributed by atoms with E-state index in [0.29, 0.717) is 30.4 Å². The molecule has 0 spiro atoms. The Morgan fingerprint density at radius 2 is 2.21 bits per heavy atom. The Hall–Kier alpha value is -2.05. The second-order valence-corrected chi connectivity index (χ2v) is 4.43. The van der Waals surface area contributed by atoms with Crippen molar-refractivity contribution in [2.75, 3.05) is 31.3 Å². The van der Waals surface area contributed by atoms with E-state index in [-0.39, 0.29) is 12.0 Å². The van der Waals surface area contributed by atoms with Gasteiger partial charge in [-0.05, 0) is 13.8 Å². The lowest BCUT2D eigenvalue weighted by Gasteiger charge is -2.20. The van der Waals surface area contributed by atoms with E-state index in [2.05, 4.69) is 15.3 Å². The molecule has 1 heterocycles. The molecule has 7 heteroatoms. The quantitative estimate of drug-likeness (QED) is 0.776. The minimum Gasteiger partial charge on any atom is -0.473 e. The van der Waals surface area contributed by atoms with Crippen molar-refractivity contribution in [3.8, 4) is 5.88 Å². The highest BCUT2D eigenvalue weighted by Gasteiger charge is 2.14. The van der Waals surface area contributed by atoms with Crippen LogP contribution in [0.3, 0.4) is 0 Å². The number of anilines is 2. The molecule has 0 aliphatic rings. The van der Waals surface area contributed by atoms with Gasteiger partial charge >= 0.3 is 0 Å². The summed E-state index contributed by atoms with van der Waals surface area (Å²) in [5, 5.41) is 2.57. The van der Waals surface area contributed by atoms with E-state index < -0.39 is 0 Å². The molecule has 3 N–H and O–H groups in total. The average molecular weight is 267 g/mol. The summed E-state index contributed by atoms with van der Waals surface area (Å²) in [7, 11) is 3.43. The number of rotatable bonds is 6. The molecular formula is C12H21N5O2. The van der Waals surface area contributed by atoms with E-state index >= 15 is 0 Å². The third kappa shape index (κ3) is 4.27. The number of hydrogen-bond acceptors (Lipinski definition) is 6. The van der Waals surface area contributed by atoms with Crippen LogP contribution in [0.2, 0.25) is 0 Å². The van der Waals surface area contributed by atoms with Crippen molar-refractivity contribution in [2.45, 2.75) is 26.4 Å². The average Bonchev–Trinajstić information content (AvgIpc) is 2.37. The largest absolute Gasteiger partial charge is 0.473 e. The summed E-state index contributed by atoms with van der Waals surface area (Å²) < 4.78 is 5.50. The first kappa shape index (κ1) is 15.0. The van der Waals surface area contributed by atoms with Crippen molar-refractivity contribution >= 4 is 17.4 Å². The number of nitrogens with two attached hydrogens (primary N) is 1. The summed E-state index contributed by atoms with van der Waals surface area (Å²) in [6, 6.07) is 0. The first-order valence-electron chi connectivity index (χ1n) is 6.14. The summed E-state index contributed by atoms with van der Waals surface area (Å²) in [5.41, 5.74) is 6.36. The molecule has 0 aromatic carbocycles. The number of nitrogens with zero attached hydrogens (tertiary/aromatic N) is 3. The van der Waals surface area contributed by atoms with Crippen molar-refractivity contribution in [3.05, 3.63) is 6.33 Å². The number of nitrogen functional groups attached to an aromatic ring is 1. The fraction of sp³-hybridized carbons (Fsp3) is 0.583. The monoisotopic (exact) mass is 267 g/mol. The normalized spacial score (nSPS) is 10.4. The first-order valence-corrected chi connectivity index (χ1v) is 6.14. The maximum Gasteiger partial charge on any atom is 0.242 e. The molecule has 0 unspecified atom stereocenters. The molecule has 1 aromatic rings. The van der Waals surface area contributed by atoms with Gasteiger partial charge in [0.1, 0.15) is 12.0 Å². The Bertz CT molecular complexity index is 436. The van der Waals surface area contributed by atoms with Gasteiger partial charge in [-0.2, -0.15) is 4.98 Å². The summed E-state index contributed by atoms with van der Waals surface area (Å²) in [5.74, 6) is 0.902. The van der Waals surface area contributed by atoms with Crippen LogP contribution < -0.4 is 20.7 Å². The van der Waals surface area contributed by atoms with Crippen molar-refractivity contribution in [2.24, 2.45) is 0 Å². The van der Waals surface area contributed by atoms with E-state index in [4.69, 9.17) is 10.5 Å². The highest BCUT2D eigenvalue weighted by molar-refractivity contribution is 5.76. The Kier molecular flexibility index (Phi) is 5.35. The van der Waals surface area contributed by atoms with Crippen molar-refractivity contribution in [3.63, 3.8) is 0 Å². The Balaban J connectivity index is 2.79. The predicted octanol–water partition coefficient (Wildman–Crippen LogP) is 0.418. The van der Waals surface area contributed by atoms with Crippen LogP contribution in [-0.2, 0) is 4.79 Å². The lowest BCUT2D eigenvalue weighted by molar-refractivity contribution is -0.120. The lowest BCUT2D eigenvalue weighted by Crippen LogP contribution is -2.27. The Morgan fingerprint density at radius 1 is 1.53 bits per heavy atom. The third-order valence-corrected chi connectivity index (χ3v) is 2.49. The Morgan fingerprint density at radius 3 is 2.79 bits per heavy atom. The molecule has 19 heavy (non-hydrogen) atoms. The van der Waals surface area contributed by atoms with Crippen LogP contribution in [0.4, 0.5) is 11.5 Å². The maximum absolute atomic E-state index is 11.2. The topological polar surface area (TPSA) is 93.4 Å². The molecule has 0 bridgehead atoms. The zero-order valence-electron chi connectivity index (χ0n) is 11.8. The number of ether oxygens (including phenoxy) is 1. The molecule has 0 aliphatic carbocycles. The number of amides is 1. The molecule has 7 nitrogen and oxygen atoms in total. The van der Waals surface area contributed by atoms with Gasteiger partial charge in [0, 0.05) is 27.1 Å². The number of aromatic nitrogens is 2. The van der Waals surface area contributed by atoms with E-state index in [1.807, 2.05) is 20.9 Å². The van der Waals surface area contributed by atoms with E-state index in [0.717, 1.165) is 0 Å². The van der Waals surface area contributed by atoms with Crippen LogP contribution in [-0.4, -0.2) is 42.6 Å². The molecule has 0 saturated carbocycles. The summed E-state index contributed by atoms with van der Waals surface area (Å²) >= 11 is 0. The molecular weight excluding hydrogens is 246 g/mol. The van der Waals surface area contributed by atoms with Crippen molar-refractivity contribution in [1.82, 2.24) is 15.3 Å². The highest BCUT2D eigenvalue weighted by Crippen LogP contribution is 2.27. The van der Waals surface area contributed by atoms with Gasteiger partial charge in [0.2, 0.25) is 11.8 Å². The standard InChI is InChI=1S/C12H21N5O2/c1-8(2)19-12-10(13)11(15-7-16-12)17(4)6-5-9(18)14-3/h7-8H,5-6,13H2,1-4H3,(H,14,18). The molecule has 1 aromatic heterocycles. The summed E-state index contributed by atoms with van der Waals surface area (Å²) in [6.07, 6.45) is 1.76. The molecule has 0 radical (unpaired) electrons. The van der Waals surface area contributed by atoms with Crippen molar-refractivity contribution < 1.29 is 9.53 Å². The fourth-order valence-corrected chi connectivity index (χ4v) is 1.49. The van der Waals surface area contributed by atoms with Gasteiger partial charge in [0.05, 0.1) is 6.10 Å². The molecule has 1 amide bonds. The van der Waals surface area contributed by atoms with Crippen LogP contribution in [0.1, 0.15) is 20.3 Å². The third-order valence-electron chi connectivity index (χ3n) is 2.49. The van der Waals surface area contributed by atoms with Crippen molar-refractivity contribution in [1.29, 1.82) is 0 Å². The second kappa shape index (κ2) is 6.77. The van der Waals surface area contributed by atoms with Crippen LogP contribution in [0.5, 0.6) is 5.88 Å². The number of hydrogen-bond donors (Lipinski definition) is 2. The van der Waals surface area contributed by atoms with E-state index in [1.165, 1.54) is 6.33 Å². The van der Waals surface area contributed by atoms with Gasteiger partial charge in [-0.1, -0.05) is 0 Å². The van der Waals surface area contributed by atoms with Gasteiger partial charge in [-0.25, -0.2) is 4.98 Å². The molecule has 0 atom stereocenters. The van der Waals surface area contributed by atoms with Crippen LogP contribution in [0.15, 0.2) is 6.33 Å². The van der Waals surface area contributed by atoms with E-state index in [9.17, 15) is 4.79 Å². The molecule has 0 fully saturated rings. The summed E-state index contributed by atoms with van der Waals surface area (Å²) in [6.45, 7) is 4.31. The van der Waals surface area contributed by atoms with Gasteiger partial charge in [-0.15, -0.1) is 0 Å². The SMILES string of the molecule is CNC(=O)CCN(C)c1ncnc(OC(C)C)c1N.